The van der Waals surface area contributed by atoms with Gasteiger partial charge in [-0.25, -0.2) is 9.69 Å². The van der Waals surface area contributed by atoms with Crippen LogP contribution >= 0.6 is 0 Å². The van der Waals surface area contributed by atoms with Crippen LogP contribution in [0.1, 0.15) is 76.1 Å². The normalized spacial score (nSPS) is 21.0. The summed E-state index contributed by atoms with van der Waals surface area (Å²) in [7, 11) is 0. The van der Waals surface area contributed by atoms with Crippen LogP contribution in [0.2, 0.25) is 0 Å². The van der Waals surface area contributed by atoms with Crippen molar-refractivity contribution in [2.45, 2.75) is 78.8 Å². The van der Waals surface area contributed by atoms with Gasteiger partial charge in [0.15, 0.2) is 0 Å². The van der Waals surface area contributed by atoms with Crippen molar-refractivity contribution in [2.75, 3.05) is 9.80 Å². The molecule has 0 unspecified atom stereocenters. The lowest BCUT2D eigenvalue weighted by atomic mass is 9.78. The average molecular weight is 474 g/mol. The van der Waals surface area contributed by atoms with Gasteiger partial charge in [0.2, 0.25) is 0 Å². The van der Waals surface area contributed by atoms with Gasteiger partial charge in [-0.2, -0.15) is 0 Å². The first-order valence-corrected chi connectivity index (χ1v) is 12.4. The fraction of sp³-hybridized carbons (Fsp3) is 0.414. The van der Waals surface area contributed by atoms with Crippen molar-refractivity contribution in [3.63, 3.8) is 0 Å². The van der Waals surface area contributed by atoms with E-state index in [-0.39, 0.29) is 11.1 Å². The maximum Gasteiger partial charge on any atom is 0.335 e. The highest BCUT2D eigenvalue weighted by Gasteiger charge is 2.39. The summed E-state index contributed by atoms with van der Waals surface area (Å²) in [5.41, 5.74) is 5.56. The molecule has 1 N–H and O–H groups in total. The molecule has 2 aliphatic rings. The second-order valence-electron chi connectivity index (χ2n) is 10.6. The molecule has 2 aromatic rings. The monoisotopic (exact) mass is 473 g/mol. The van der Waals surface area contributed by atoms with Crippen LogP contribution in [0.5, 0.6) is 0 Å². The number of anilines is 2. The third-order valence-electron chi connectivity index (χ3n) is 7.19. The molecule has 1 fully saturated rings. The standard InChI is InChI=1S/C29H35N3O3/c1-8-20-11-9-10-12-24(20)31-27(34)23(26(33)30-28(31)35)15-21-14-22-19(5)16-29(6,7)32(17(2)3)25(22)13-18(21)4/h9-15,17,19H,8,16H2,1-7H3,(H,30,33,35)/b23-15+/t19-/m1/s1. The molecule has 2 aromatic carbocycles. The Labute approximate surface area is 208 Å². The van der Waals surface area contributed by atoms with E-state index >= 15 is 0 Å². The van der Waals surface area contributed by atoms with Crippen LogP contribution in [0.4, 0.5) is 16.2 Å². The molecule has 4 amide bonds. The van der Waals surface area contributed by atoms with E-state index in [4.69, 9.17) is 0 Å². The predicted octanol–water partition coefficient (Wildman–Crippen LogP) is 5.72. The molecule has 0 aromatic heterocycles. The van der Waals surface area contributed by atoms with Crippen LogP contribution in [0.3, 0.4) is 0 Å². The molecule has 35 heavy (non-hydrogen) atoms. The van der Waals surface area contributed by atoms with Crippen molar-refractivity contribution in [1.82, 2.24) is 5.32 Å². The van der Waals surface area contributed by atoms with Crippen molar-refractivity contribution < 1.29 is 14.4 Å². The van der Waals surface area contributed by atoms with E-state index in [2.05, 4.69) is 57.0 Å². The van der Waals surface area contributed by atoms with E-state index in [1.165, 1.54) is 11.3 Å². The third kappa shape index (κ3) is 4.26. The molecule has 2 aliphatic heterocycles. The van der Waals surface area contributed by atoms with Crippen LogP contribution in [-0.4, -0.2) is 29.4 Å². The van der Waals surface area contributed by atoms with Gasteiger partial charge in [0.1, 0.15) is 5.57 Å². The number of hydrogen-bond acceptors (Lipinski definition) is 4. The highest BCUT2D eigenvalue weighted by atomic mass is 16.2. The van der Waals surface area contributed by atoms with Gasteiger partial charge in [-0.15, -0.1) is 0 Å². The molecule has 1 saturated heterocycles. The number of barbiturate groups is 1. The minimum atomic E-state index is -0.719. The number of urea groups is 1. The number of imide groups is 2. The Hall–Kier alpha value is -3.41. The van der Waals surface area contributed by atoms with E-state index in [1.54, 1.807) is 18.2 Å². The second kappa shape index (κ2) is 8.99. The van der Waals surface area contributed by atoms with Gasteiger partial charge < -0.3 is 4.90 Å². The fourth-order valence-electron chi connectivity index (χ4n) is 5.81. The van der Waals surface area contributed by atoms with E-state index in [1.807, 2.05) is 26.0 Å². The van der Waals surface area contributed by atoms with Gasteiger partial charge in [0.25, 0.3) is 11.8 Å². The zero-order chi connectivity index (χ0) is 25.7. The van der Waals surface area contributed by atoms with E-state index < -0.39 is 17.8 Å². The Bertz CT molecular complexity index is 1240. The van der Waals surface area contributed by atoms with Crippen LogP contribution in [-0.2, 0) is 16.0 Å². The van der Waals surface area contributed by atoms with Crippen LogP contribution < -0.4 is 15.1 Å². The Morgan fingerprint density at radius 3 is 2.46 bits per heavy atom. The van der Waals surface area contributed by atoms with E-state index in [9.17, 15) is 14.4 Å². The summed E-state index contributed by atoms with van der Waals surface area (Å²) in [5.74, 6) is -0.937. The SMILES string of the molecule is CCc1ccccc1N1C(=O)NC(=O)/C(=C\c2cc3c(cc2C)N(C(C)C)C(C)(C)C[C@H]3C)C1=O. The van der Waals surface area contributed by atoms with Crippen molar-refractivity contribution in [1.29, 1.82) is 0 Å². The maximum atomic E-state index is 13.5. The molecular formula is C29H35N3O3. The van der Waals surface area contributed by atoms with Gasteiger partial charge in [0, 0.05) is 17.3 Å². The molecule has 2 heterocycles. The molecule has 0 aliphatic carbocycles. The summed E-state index contributed by atoms with van der Waals surface area (Å²) in [5, 5.41) is 2.35. The highest BCUT2D eigenvalue weighted by molar-refractivity contribution is 6.39. The number of nitrogens with zero attached hydrogens (tertiary/aromatic N) is 2. The number of amides is 4. The first-order valence-electron chi connectivity index (χ1n) is 12.4. The molecule has 4 rings (SSSR count). The summed E-state index contributed by atoms with van der Waals surface area (Å²) in [4.78, 5) is 42.5. The summed E-state index contributed by atoms with van der Waals surface area (Å²) in [6.07, 6.45) is 3.30. The zero-order valence-corrected chi connectivity index (χ0v) is 21.7. The minimum Gasteiger partial charge on any atom is -0.364 e. The lowest BCUT2D eigenvalue weighted by Gasteiger charge is -2.50. The highest BCUT2D eigenvalue weighted by Crippen LogP contribution is 2.45. The zero-order valence-electron chi connectivity index (χ0n) is 21.7. The number of benzene rings is 2. The lowest BCUT2D eigenvalue weighted by Crippen LogP contribution is -2.54. The largest absolute Gasteiger partial charge is 0.364 e. The van der Waals surface area contributed by atoms with Crippen molar-refractivity contribution in [2.24, 2.45) is 0 Å². The second-order valence-corrected chi connectivity index (χ2v) is 10.6. The smallest absolute Gasteiger partial charge is 0.335 e. The van der Waals surface area contributed by atoms with Gasteiger partial charge in [-0.1, -0.05) is 32.0 Å². The number of rotatable bonds is 4. The minimum absolute atomic E-state index is 0.0275. The maximum absolute atomic E-state index is 13.5. The number of para-hydroxylation sites is 1. The molecule has 0 saturated carbocycles. The summed E-state index contributed by atoms with van der Waals surface area (Å²) in [6, 6.07) is 11.2. The van der Waals surface area contributed by atoms with Crippen molar-refractivity contribution in [3.8, 4) is 0 Å². The molecule has 0 spiro atoms. The van der Waals surface area contributed by atoms with Crippen molar-refractivity contribution >= 4 is 35.3 Å². The molecule has 1 atom stereocenters. The van der Waals surface area contributed by atoms with Gasteiger partial charge in [-0.3, -0.25) is 14.9 Å². The Morgan fingerprint density at radius 2 is 1.80 bits per heavy atom. The Kier molecular flexibility index (Phi) is 6.34. The molecule has 6 heteroatoms. The summed E-state index contributed by atoms with van der Waals surface area (Å²) < 4.78 is 0. The molecular weight excluding hydrogens is 438 g/mol. The number of fused-ring (bicyclic) bond motifs is 1. The van der Waals surface area contributed by atoms with E-state index in [0.717, 1.165) is 28.0 Å². The number of carbonyl (C=O) groups is 3. The average Bonchev–Trinajstić information content (AvgIpc) is 2.76. The number of aryl methyl sites for hydroxylation is 2. The first kappa shape index (κ1) is 24.7. The molecule has 6 nitrogen and oxygen atoms in total. The topological polar surface area (TPSA) is 69.7 Å². The van der Waals surface area contributed by atoms with Gasteiger partial charge >= 0.3 is 6.03 Å². The van der Waals surface area contributed by atoms with Gasteiger partial charge in [0.05, 0.1) is 5.69 Å². The van der Waals surface area contributed by atoms with Crippen LogP contribution in [0.15, 0.2) is 42.0 Å². The Morgan fingerprint density at radius 1 is 1.11 bits per heavy atom. The quantitative estimate of drug-likeness (QED) is 0.455. The number of hydrogen-bond donors (Lipinski definition) is 1. The molecule has 184 valence electrons. The van der Waals surface area contributed by atoms with Crippen molar-refractivity contribution in [3.05, 3.63) is 64.2 Å². The number of carbonyl (C=O) groups excluding carboxylic acids is 3. The Balaban J connectivity index is 1.80. The van der Waals surface area contributed by atoms with Crippen LogP contribution in [0, 0.1) is 6.92 Å². The summed E-state index contributed by atoms with van der Waals surface area (Å²) >= 11 is 0. The molecule has 0 radical (unpaired) electrons. The first-order chi connectivity index (χ1) is 16.5. The number of nitrogens with one attached hydrogen (secondary N) is 1. The van der Waals surface area contributed by atoms with Gasteiger partial charge in [-0.05, 0) is 99.9 Å². The summed E-state index contributed by atoms with van der Waals surface area (Å²) in [6.45, 7) is 15.2. The fourth-order valence-corrected chi connectivity index (χ4v) is 5.81. The predicted molar refractivity (Wildman–Crippen MR) is 141 cm³/mol. The van der Waals surface area contributed by atoms with E-state index in [0.29, 0.717) is 24.1 Å². The third-order valence-corrected chi connectivity index (χ3v) is 7.19. The molecule has 0 bridgehead atoms. The lowest BCUT2D eigenvalue weighted by molar-refractivity contribution is -0.122. The van der Waals surface area contributed by atoms with Crippen LogP contribution in [0.25, 0.3) is 6.08 Å².